The van der Waals surface area contributed by atoms with Crippen molar-refractivity contribution >= 4 is 0 Å². The maximum absolute atomic E-state index is 5.44. The van der Waals surface area contributed by atoms with E-state index in [4.69, 9.17) is 10.6 Å². The molecular weight excluding hydrogens is 116 g/mol. The molecular formula is C6H16N2O. The van der Waals surface area contributed by atoms with Crippen molar-refractivity contribution < 1.29 is 4.84 Å². The highest BCUT2D eigenvalue weighted by Gasteiger charge is 2.14. The fourth-order valence-corrected chi connectivity index (χ4v) is 0.326. The van der Waals surface area contributed by atoms with Crippen LogP contribution in [0, 0.1) is 5.41 Å². The zero-order chi connectivity index (χ0) is 7.33. The van der Waals surface area contributed by atoms with Crippen molar-refractivity contribution in [3.05, 3.63) is 0 Å². The minimum absolute atomic E-state index is 0.0863. The normalized spacial score (nSPS) is 12.0. The average molecular weight is 132 g/mol. The highest BCUT2D eigenvalue weighted by molar-refractivity contribution is 4.66. The average Bonchev–Trinajstić information content (AvgIpc) is 1.84. The summed E-state index contributed by atoms with van der Waals surface area (Å²) in [5, 5.41) is 0. The van der Waals surface area contributed by atoms with Crippen molar-refractivity contribution in [2.24, 2.45) is 11.1 Å². The van der Waals surface area contributed by atoms with Gasteiger partial charge in [-0.25, -0.2) is 5.48 Å². The van der Waals surface area contributed by atoms with Crippen molar-refractivity contribution in [3.8, 4) is 0 Å². The van der Waals surface area contributed by atoms with E-state index < -0.39 is 0 Å². The van der Waals surface area contributed by atoms with Gasteiger partial charge in [0.15, 0.2) is 0 Å². The predicted molar refractivity (Wildman–Crippen MR) is 37.8 cm³/mol. The Labute approximate surface area is 56.5 Å². The molecule has 0 bridgehead atoms. The van der Waals surface area contributed by atoms with Crippen molar-refractivity contribution in [2.75, 3.05) is 20.2 Å². The maximum atomic E-state index is 5.44. The van der Waals surface area contributed by atoms with E-state index in [9.17, 15) is 0 Å². The molecule has 0 amide bonds. The lowest BCUT2D eigenvalue weighted by Gasteiger charge is -2.20. The molecule has 9 heavy (non-hydrogen) atoms. The van der Waals surface area contributed by atoms with E-state index in [0.717, 1.165) is 0 Å². The third kappa shape index (κ3) is 4.39. The molecule has 0 saturated heterocycles. The van der Waals surface area contributed by atoms with Crippen molar-refractivity contribution in [1.29, 1.82) is 0 Å². The molecule has 3 heteroatoms. The Balaban J connectivity index is 3.33. The van der Waals surface area contributed by atoms with Gasteiger partial charge < -0.3 is 10.6 Å². The molecule has 0 heterocycles. The first kappa shape index (κ1) is 8.88. The molecule has 0 aliphatic rings. The van der Waals surface area contributed by atoms with Gasteiger partial charge in [0.05, 0.1) is 6.61 Å². The first-order valence-electron chi connectivity index (χ1n) is 3.11. The second kappa shape index (κ2) is 3.82. The van der Waals surface area contributed by atoms with Gasteiger partial charge in [0.25, 0.3) is 0 Å². The Morgan fingerprint density at radius 3 is 2.44 bits per heavy atom. The van der Waals surface area contributed by atoms with E-state index in [-0.39, 0.29) is 5.41 Å². The van der Waals surface area contributed by atoms with Gasteiger partial charge in [-0.2, -0.15) is 0 Å². The summed E-state index contributed by atoms with van der Waals surface area (Å²) in [6.07, 6.45) is 0. The summed E-state index contributed by atoms with van der Waals surface area (Å²) >= 11 is 0. The molecule has 0 aromatic carbocycles. The van der Waals surface area contributed by atoms with Crippen molar-refractivity contribution in [3.63, 3.8) is 0 Å². The monoisotopic (exact) mass is 132 g/mol. The maximum Gasteiger partial charge on any atom is 0.0745 e. The number of rotatable bonds is 4. The lowest BCUT2D eigenvalue weighted by atomic mass is 9.96. The Bertz CT molecular complexity index is 73.5. The summed E-state index contributed by atoms with van der Waals surface area (Å²) in [6.45, 7) is 5.42. The van der Waals surface area contributed by atoms with Crippen LogP contribution in [0.3, 0.4) is 0 Å². The number of hydrogen-bond donors (Lipinski definition) is 2. The molecule has 0 atom stereocenters. The molecule has 0 unspecified atom stereocenters. The second-order valence-electron chi connectivity index (χ2n) is 2.86. The van der Waals surface area contributed by atoms with Crippen molar-refractivity contribution in [1.82, 2.24) is 5.48 Å². The van der Waals surface area contributed by atoms with Gasteiger partial charge in [0, 0.05) is 12.5 Å². The van der Waals surface area contributed by atoms with E-state index in [1.807, 2.05) is 0 Å². The van der Waals surface area contributed by atoms with Gasteiger partial charge in [-0.05, 0) is 6.54 Å². The van der Waals surface area contributed by atoms with Crippen LogP contribution >= 0.6 is 0 Å². The van der Waals surface area contributed by atoms with Gasteiger partial charge in [0.1, 0.15) is 0 Å². The summed E-state index contributed by atoms with van der Waals surface area (Å²) in [5.41, 5.74) is 8.13. The van der Waals surface area contributed by atoms with Crippen LogP contribution in [0.4, 0.5) is 0 Å². The molecule has 3 N–H and O–H groups in total. The number of hydrogen-bond acceptors (Lipinski definition) is 3. The van der Waals surface area contributed by atoms with Crippen LogP contribution in [-0.2, 0) is 4.84 Å². The minimum Gasteiger partial charge on any atom is -0.330 e. The Hall–Kier alpha value is -0.120. The zero-order valence-electron chi connectivity index (χ0n) is 6.40. The van der Waals surface area contributed by atoms with E-state index in [2.05, 4.69) is 19.3 Å². The zero-order valence-corrected chi connectivity index (χ0v) is 6.40. The predicted octanol–water partition coefficient (Wildman–Crippen LogP) is 0.122. The quantitative estimate of drug-likeness (QED) is 0.534. The highest BCUT2D eigenvalue weighted by atomic mass is 16.6. The van der Waals surface area contributed by atoms with E-state index in [1.165, 1.54) is 0 Å². The molecule has 0 aromatic rings. The lowest BCUT2D eigenvalue weighted by molar-refractivity contribution is 0.00689. The molecule has 0 fully saturated rings. The topological polar surface area (TPSA) is 47.3 Å². The molecule has 0 saturated carbocycles. The van der Waals surface area contributed by atoms with E-state index in [0.29, 0.717) is 13.2 Å². The third-order valence-electron chi connectivity index (χ3n) is 1.16. The fourth-order valence-electron chi connectivity index (χ4n) is 0.326. The first-order chi connectivity index (χ1) is 4.12. The number of nitrogens with two attached hydrogens (primary N) is 1. The molecule has 3 nitrogen and oxygen atoms in total. The smallest absolute Gasteiger partial charge is 0.0745 e. The largest absolute Gasteiger partial charge is 0.330 e. The molecule has 0 spiro atoms. The van der Waals surface area contributed by atoms with Gasteiger partial charge in [-0.15, -0.1) is 0 Å². The SMILES string of the molecule is CNOCC(C)(C)CN. The van der Waals surface area contributed by atoms with Gasteiger partial charge >= 0.3 is 0 Å². The molecule has 0 aliphatic carbocycles. The Kier molecular flexibility index (Phi) is 3.77. The van der Waals surface area contributed by atoms with Gasteiger partial charge in [0.2, 0.25) is 0 Å². The number of nitrogens with one attached hydrogen (secondary N) is 1. The van der Waals surface area contributed by atoms with Crippen LogP contribution in [0.15, 0.2) is 0 Å². The van der Waals surface area contributed by atoms with E-state index in [1.54, 1.807) is 7.05 Å². The third-order valence-corrected chi connectivity index (χ3v) is 1.16. The molecule has 0 aromatic heterocycles. The first-order valence-corrected chi connectivity index (χ1v) is 3.11. The molecule has 0 radical (unpaired) electrons. The Morgan fingerprint density at radius 1 is 1.56 bits per heavy atom. The van der Waals surface area contributed by atoms with Gasteiger partial charge in [-0.3, -0.25) is 0 Å². The second-order valence-corrected chi connectivity index (χ2v) is 2.86. The molecule has 56 valence electrons. The van der Waals surface area contributed by atoms with E-state index >= 15 is 0 Å². The summed E-state index contributed by atoms with van der Waals surface area (Å²) in [4.78, 5) is 4.96. The minimum atomic E-state index is 0.0863. The summed E-state index contributed by atoms with van der Waals surface area (Å²) < 4.78 is 0. The van der Waals surface area contributed by atoms with Crippen LogP contribution < -0.4 is 11.2 Å². The standard InChI is InChI=1S/C6H16N2O/c1-6(2,4-7)5-9-8-3/h8H,4-5,7H2,1-3H3. The van der Waals surface area contributed by atoms with Crippen LogP contribution in [0.2, 0.25) is 0 Å². The van der Waals surface area contributed by atoms with Gasteiger partial charge in [-0.1, -0.05) is 13.8 Å². The number of hydroxylamine groups is 1. The van der Waals surface area contributed by atoms with Crippen LogP contribution in [0.1, 0.15) is 13.8 Å². The summed E-state index contributed by atoms with van der Waals surface area (Å²) in [6, 6.07) is 0. The lowest BCUT2D eigenvalue weighted by Crippen LogP contribution is -2.30. The van der Waals surface area contributed by atoms with Crippen LogP contribution in [0.25, 0.3) is 0 Å². The summed E-state index contributed by atoms with van der Waals surface area (Å²) in [5.74, 6) is 0. The Morgan fingerprint density at radius 2 is 2.11 bits per heavy atom. The molecule has 0 rings (SSSR count). The fraction of sp³-hybridized carbons (Fsp3) is 1.00. The molecule has 0 aliphatic heterocycles. The van der Waals surface area contributed by atoms with Crippen LogP contribution in [-0.4, -0.2) is 20.2 Å². The summed E-state index contributed by atoms with van der Waals surface area (Å²) in [7, 11) is 1.74. The highest BCUT2D eigenvalue weighted by Crippen LogP contribution is 2.11. The van der Waals surface area contributed by atoms with Crippen LogP contribution in [0.5, 0.6) is 0 Å². The van der Waals surface area contributed by atoms with Crippen molar-refractivity contribution in [2.45, 2.75) is 13.8 Å².